The predicted molar refractivity (Wildman–Crippen MR) is 65.0 cm³/mol. The van der Waals surface area contributed by atoms with Gasteiger partial charge in [-0.3, -0.25) is 4.79 Å². The normalized spacial score (nSPS) is 12.1. The van der Waals surface area contributed by atoms with Crippen molar-refractivity contribution < 1.29 is 9.53 Å². The molecule has 0 saturated heterocycles. The van der Waals surface area contributed by atoms with Gasteiger partial charge in [-0.15, -0.1) is 0 Å². The quantitative estimate of drug-likeness (QED) is 0.614. The molecular formula is C13H19NO2. The first-order valence-electron chi connectivity index (χ1n) is 5.66. The lowest BCUT2D eigenvalue weighted by Crippen LogP contribution is -2.16. The first-order valence-corrected chi connectivity index (χ1v) is 5.66. The maximum Gasteiger partial charge on any atom is 0.310 e. The van der Waals surface area contributed by atoms with E-state index in [1.54, 1.807) is 6.07 Å². The highest BCUT2D eigenvalue weighted by Gasteiger charge is 2.10. The molecule has 3 heteroatoms. The van der Waals surface area contributed by atoms with E-state index in [-0.39, 0.29) is 18.5 Å². The van der Waals surface area contributed by atoms with E-state index in [1.807, 2.05) is 25.1 Å². The minimum absolute atomic E-state index is 0.0116. The zero-order valence-corrected chi connectivity index (χ0v) is 9.90. The molecule has 0 spiro atoms. The van der Waals surface area contributed by atoms with Gasteiger partial charge < -0.3 is 10.5 Å². The van der Waals surface area contributed by atoms with Gasteiger partial charge >= 0.3 is 5.97 Å². The number of rotatable bonds is 5. The average molecular weight is 221 g/mol. The molecule has 0 amide bonds. The summed E-state index contributed by atoms with van der Waals surface area (Å²) in [7, 11) is 0. The Kier molecular flexibility index (Phi) is 4.83. The maximum absolute atomic E-state index is 11.6. The lowest BCUT2D eigenvalue weighted by atomic mass is 10.1. The van der Waals surface area contributed by atoms with Crippen molar-refractivity contribution in [1.82, 2.24) is 0 Å². The lowest BCUT2D eigenvalue weighted by Gasteiger charge is -2.12. The van der Waals surface area contributed by atoms with Crippen LogP contribution in [0.4, 0.5) is 5.69 Å². The van der Waals surface area contributed by atoms with E-state index in [4.69, 9.17) is 10.5 Å². The summed E-state index contributed by atoms with van der Waals surface area (Å²) in [6.45, 7) is 3.98. The molecule has 1 aromatic rings. The third kappa shape index (κ3) is 3.93. The lowest BCUT2D eigenvalue weighted by molar-refractivity contribution is -0.147. The summed E-state index contributed by atoms with van der Waals surface area (Å²) in [4.78, 5) is 11.6. The van der Waals surface area contributed by atoms with Crippen LogP contribution in [0.1, 0.15) is 32.3 Å². The third-order valence-electron chi connectivity index (χ3n) is 2.42. The molecule has 0 aliphatic heterocycles. The Morgan fingerprint density at radius 1 is 1.44 bits per heavy atom. The molecule has 1 atom stereocenters. The van der Waals surface area contributed by atoms with Crippen molar-refractivity contribution >= 4 is 11.7 Å². The molecule has 1 unspecified atom stereocenters. The van der Waals surface area contributed by atoms with Gasteiger partial charge in [-0.25, -0.2) is 0 Å². The first-order chi connectivity index (χ1) is 7.63. The Morgan fingerprint density at radius 2 is 2.12 bits per heavy atom. The molecule has 0 saturated carbocycles. The number of carbonyl (C=O) groups is 1. The monoisotopic (exact) mass is 221 g/mol. The van der Waals surface area contributed by atoms with E-state index < -0.39 is 0 Å². The van der Waals surface area contributed by atoms with Crippen LogP contribution in [0.2, 0.25) is 0 Å². The van der Waals surface area contributed by atoms with Gasteiger partial charge in [0.2, 0.25) is 0 Å². The summed E-state index contributed by atoms with van der Waals surface area (Å²) in [5, 5.41) is 0. The molecule has 88 valence electrons. The molecule has 1 aromatic carbocycles. The molecule has 16 heavy (non-hydrogen) atoms. The molecule has 0 fully saturated rings. The highest BCUT2D eigenvalue weighted by molar-refractivity contribution is 5.74. The van der Waals surface area contributed by atoms with Gasteiger partial charge in [0.05, 0.1) is 12.5 Å². The molecule has 1 rings (SSSR count). The van der Waals surface area contributed by atoms with E-state index >= 15 is 0 Å². The number of esters is 1. The van der Waals surface area contributed by atoms with Crippen molar-refractivity contribution in [3.05, 3.63) is 29.8 Å². The number of nitrogens with two attached hydrogens (primary N) is 1. The smallest absolute Gasteiger partial charge is 0.310 e. The molecule has 0 heterocycles. The van der Waals surface area contributed by atoms with Crippen LogP contribution in [0.3, 0.4) is 0 Å². The molecule has 0 aromatic heterocycles. The van der Waals surface area contributed by atoms with E-state index in [1.165, 1.54) is 0 Å². The van der Waals surface area contributed by atoms with Crippen molar-refractivity contribution in [3.63, 3.8) is 0 Å². The molecule has 0 bridgehead atoms. The number of hydrogen-bond acceptors (Lipinski definition) is 3. The van der Waals surface area contributed by atoms with Crippen molar-refractivity contribution in [2.24, 2.45) is 0 Å². The van der Waals surface area contributed by atoms with E-state index in [0.717, 1.165) is 18.4 Å². The fourth-order valence-electron chi connectivity index (χ4n) is 1.58. The summed E-state index contributed by atoms with van der Waals surface area (Å²) >= 11 is 0. The fourth-order valence-corrected chi connectivity index (χ4v) is 1.58. The van der Waals surface area contributed by atoms with Gasteiger partial charge in [0.15, 0.2) is 0 Å². The van der Waals surface area contributed by atoms with E-state index in [2.05, 4.69) is 6.92 Å². The number of ether oxygens (including phenoxy) is 1. The summed E-state index contributed by atoms with van der Waals surface area (Å²) in [6, 6.07) is 7.36. The Hall–Kier alpha value is -1.51. The zero-order valence-electron chi connectivity index (χ0n) is 9.90. The van der Waals surface area contributed by atoms with Gasteiger partial charge in [-0.05, 0) is 25.0 Å². The van der Waals surface area contributed by atoms with E-state index in [9.17, 15) is 4.79 Å². The van der Waals surface area contributed by atoms with Crippen molar-refractivity contribution in [2.45, 2.75) is 39.2 Å². The maximum atomic E-state index is 11.6. The highest BCUT2D eigenvalue weighted by Crippen LogP contribution is 2.12. The molecule has 3 nitrogen and oxygen atoms in total. The van der Waals surface area contributed by atoms with Gasteiger partial charge in [0, 0.05) is 5.69 Å². The second kappa shape index (κ2) is 6.16. The number of anilines is 1. The standard InChI is InChI=1S/C13H19NO2/c1-3-6-10(2)16-13(15)9-11-7-4-5-8-12(11)14/h4-5,7-8,10H,3,6,9,14H2,1-2H3. The minimum atomic E-state index is -0.209. The van der Waals surface area contributed by atoms with Crippen LogP contribution in [-0.2, 0) is 16.0 Å². The molecule has 0 aliphatic carbocycles. The first kappa shape index (κ1) is 12.6. The van der Waals surface area contributed by atoms with Crippen LogP contribution in [0.25, 0.3) is 0 Å². The Bertz CT molecular complexity index is 350. The predicted octanol–water partition coefficient (Wildman–Crippen LogP) is 2.54. The topological polar surface area (TPSA) is 52.3 Å². The summed E-state index contributed by atoms with van der Waals surface area (Å²) < 4.78 is 5.26. The van der Waals surface area contributed by atoms with Crippen molar-refractivity contribution in [2.75, 3.05) is 5.73 Å². The minimum Gasteiger partial charge on any atom is -0.462 e. The second-order valence-corrected chi connectivity index (χ2v) is 3.96. The van der Waals surface area contributed by atoms with Crippen LogP contribution >= 0.6 is 0 Å². The number of para-hydroxylation sites is 1. The SMILES string of the molecule is CCCC(C)OC(=O)Cc1ccccc1N. The number of benzene rings is 1. The van der Waals surface area contributed by atoms with Crippen LogP contribution in [0.15, 0.2) is 24.3 Å². The van der Waals surface area contributed by atoms with Crippen LogP contribution in [0.5, 0.6) is 0 Å². The number of carbonyl (C=O) groups excluding carboxylic acids is 1. The van der Waals surface area contributed by atoms with Gasteiger partial charge in [0.1, 0.15) is 0 Å². The van der Waals surface area contributed by atoms with E-state index in [0.29, 0.717) is 5.69 Å². The number of nitrogen functional groups attached to an aromatic ring is 1. The fraction of sp³-hybridized carbons (Fsp3) is 0.462. The van der Waals surface area contributed by atoms with Crippen LogP contribution in [0, 0.1) is 0 Å². The Labute approximate surface area is 96.6 Å². The molecule has 0 radical (unpaired) electrons. The Balaban J connectivity index is 2.49. The average Bonchev–Trinajstić information content (AvgIpc) is 2.21. The largest absolute Gasteiger partial charge is 0.462 e. The molecular weight excluding hydrogens is 202 g/mol. The molecule has 0 aliphatic rings. The zero-order chi connectivity index (χ0) is 12.0. The van der Waals surface area contributed by atoms with Crippen LogP contribution < -0.4 is 5.73 Å². The second-order valence-electron chi connectivity index (χ2n) is 3.96. The highest BCUT2D eigenvalue weighted by atomic mass is 16.5. The molecule has 2 N–H and O–H groups in total. The van der Waals surface area contributed by atoms with Gasteiger partial charge in [0.25, 0.3) is 0 Å². The van der Waals surface area contributed by atoms with Gasteiger partial charge in [-0.2, -0.15) is 0 Å². The summed E-state index contributed by atoms with van der Waals surface area (Å²) in [5.74, 6) is -0.209. The number of hydrogen-bond donors (Lipinski definition) is 1. The van der Waals surface area contributed by atoms with Crippen molar-refractivity contribution in [1.29, 1.82) is 0 Å². The van der Waals surface area contributed by atoms with Gasteiger partial charge in [-0.1, -0.05) is 31.5 Å². The summed E-state index contributed by atoms with van der Waals surface area (Å²) in [5.41, 5.74) is 7.22. The third-order valence-corrected chi connectivity index (χ3v) is 2.42. The summed E-state index contributed by atoms with van der Waals surface area (Å²) in [6.07, 6.45) is 2.15. The Morgan fingerprint density at radius 3 is 2.75 bits per heavy atom. The van der Waals surface area contributed by atoms with Crippen molar-refractivity contribution in [3.8, 4) is 0 Å². The van der Waals surface area contributed by atoms with Crippen LogP contribution in [-0.4, -0.2) is 12.1 Å².